The first-order valence-corrected chi connectivity index (χ1v) is 7.02. The molecule has 1 aliphatic heterocycles. The quantitative estimate of drug-likeness (QED) is 0.921. The molecule has 1 fully saturated rings. The third-order valence-corrected chi connectivity index (χ3v) is 4.09. The van der Waals surface area contributed by atoms with E-state index in [-0.39, 0.29) is 0 Å². The maximum absolute atomic E-state index is 5.43. The van der Waals surface area contributed by atoms with Crippen molar-refractivity contribution in [2.75, 3.05) is 13.2 Å². The molecule has 1 N–H and O–H groups in total. The lowest BCUT2D eigenvalue weighted by Gasteiger charge is -2.20. The Balaban J connectivity index is 1.90. The highest BCUT2D eigenvalue weighted by molar-refractivity contribution is 9.10. The highest BCUT2D eigenvalue weighted by Crippen LogP contribution is 2.19. The van der Waals surface area contributed by atoms with E-state index in [0.717, 1.165) is 24.2 Å². The van der Waals surface area contributed by atoms with Crippen molar-refractivity contribution in [1.82, 2.24) is 5.32 Å². The van der Waals surface area contributed by atoms with Gasteiger partial charge in [-0.05, 0) is 49.4 Å². The summed E-state index contributed by atoms with van der Waals surface area (Å²) in [7, 11) is 0. The second-order valence-corrected chi connectivity index (χ2v) is 5.78. The topological polar surface area (TPSA) is 21.3 Å². The molecule has 0 aliphatic carbocycles. The first-order valence-electron chi connectivity index (χ1n) is 6.23. The van der Waals surface area contributed by atoms with Gasteiger partial charge in [-0.1, -0.05) is 22.0 Å². The molecule has 1 aromatic carbocycles. The zero-order chi connectivity index (χ0) is 12.3. The lowest BCUT2D eigenvalue weighted by molar-refractivity contribution is 0.178. The molecule has 0 aromatic heterocycles. The van der Waals surface area contributed by atoms with Crippen LogP contribution in [-0.2, 0) is 11.3 Å². The highest BCUT2D eigenvalue weighted by atomic mass is 79.9. The molecule has 1 heterocycles. The number of rotatable bonds is 4. The summed E-state index contributed by atoms with van der Waals surface area (Å²) in [6.45, 7) is 7.18. The summed E-state index contributed by atoms with van der Waals surface area (Å²) in [5, 5.41) is 3.61. The van der Waals surface area contributed by atoms with Crippen LogP contribution in [0.15, 0.2) is 22.7 Å². The number of hydrogen-bond acceptors (Lipinski definition) is 2. The average molecular weight is 298 g/mol. The van der Waals surface area contributed by atoms with Crippen LogP contribution in [0, 0.1) is 12.8 Å². The maximum atomic E-state index is 5.43. The van der Waals surface area contributed by atoms with Gasteiger partial charge in [0.05, 0.1) is 6.61 Å². The Hall–Kier alpha value is -0.380. The van der Waals surface area contributed by atoms with Crippen LogP contribution in [0.1, 0.15) is 24.5 Å². The maximum Gasteiger partial charge on any atom is 0.0509 e. The molecular formula is C14H20BrNO. The molecule has 2 nitrogen and oxygen atoms in total. The molecule has 0 amide bonds. The minimum absolute atomic E-state index is 0.524. The summed E-state index contributed by atoms with van der Waals surface area (Å²) in [6, 6.07) is 6.97. The Morgan fingerprint density at radius 1 is 1.53 bits per heavy atom. The molecule has 94 valence electrons. The zero-order valence-corrected chi connectivity index (χ0v) is 12.1. The van der Waals surface area contributed by atoms with Gasteiger partial charge in [0.15, 0.2) is 0 Å². The molecule has 1 saturated heterocycles. The van der Waals surface area contributed by atoms with Crippen molar-refractivity contribution in [2.24, 2.45) is 5.92 Å². The van der Waals surface area contributed by atoms with E-state index >= 15 is 0 Å². The zero-order valence-electron chi connectivity index (χ0n) is 10.5. The minimum atomic E-state index is 0.524. The molecule has 0 saturated carbocycles. The Bertz CT molecular complexity index is 374. The van der Waals surface area contributed by atoms with Gasteiger partial charge in [0.1, 0.15) is 0 Å². The van der Waals surface area contributed by atoms with Crippen molar-refractivity contribution < 1.29 is 4.74 Å². The summed E-state index contributed by atoms with van der Waals surface area (Å²) < 4.78 is 6.58. The number of ether oxygens (including phenoxy) is 1. The van der Waals surface area contributed by atoms with Crippen molar-refractivity contribution >= 4 is 15.9 Å². The Morgan fingerprint density at radius 3 is 3.06 bits per heavy atom. The molecule has 0 unspecified atom stereocenters. The van der Waals surface area contributed by atoms with Crippen molar-refractivity contribution in [3.05, 3.63) is 33.8 Å². The van der Waals surface area contributed by atoms with Gasteiger partial charge in [-0.15, -0.1) is 0 Å². The van der Waals surface area contributed by atoms with Gasteiger partial charge in [0, 0.05) is 23.7 Å². The van der Waals surface area contributed by atoms with E-state index in [1.807, 2.05) is 0 Å². The molecule has 0 spiro atoms. The highest BCUT2D eigenvalue weighted by Gasteiger charge is 2.21. The molecule has 0 radical (unpaired) electrons. The van der Waals surface area contributed by atoms with E-state index in [1.54, 1.807) is 0 Å². The summed E-state index contributed by atoms with van der Waals surface area (Å²) in [5.74, 6) is 0.669. The SMILES string of the molecule is Cc1ccc(Br)cc1CN[C@@H](C)[C@H]1CCOC1. The van der Waals surface area contributed by atoms with E-state index in [4.69, 9.17) is 4.74 Å². The van der Waals surface area contributed by atoms with Crippen molar-refractivity contribution in [3.8, 4) is 0 Å². The van der Waals surface area contributed by atoms with Gasteiger partial charge in [0.25, 0.3) is 0 Å². The summed E-state index contributed by atoms with van der Waals surface area (Å²) >= 11 is 3.52. The number of halogens is 1. The lowest BCUT2D eigenvalue weighted by atomic mass is 10.00. The largest absolute Gasteiger partial charge is 0.381 e. The molecule has 2 atom stereocenters. The van der Waals surface area contributed by atoms with E-state index in [1.165, 1.54) is 17.5 Å². The number of hydrogen-bond donors (Lipinski definition) is 1. The normalized spacial score (nSPS) is 21.7. The van der Waals surface area contributed by atoms with Crippen molar-refractivity contribution in [3.63, 3.8) is 0 Å². The fourth-order valence-corrected chi connectivity index (χ4v) is 2.62. The summed E-state index contributed by atoms with van der Waals surface area (Å²) in [5.41, 5.74) is 2.71. The van der Waals surface area contributed by atoms with Crippen LogP contribution < -0.4 is 5.32 Å². The fraction of sp³-hybridized carbons (Fsp3) is 0.571. The van der Waals surface area contributed by atoms with Gasteiger partial charge in [0.2, 0.25) is 0 Å². The van der Waals surface area contributed by atoms with E-state index in [0.29, 0.717) is 12.0 Å². The molecule has 3 heteroatoms. The fourth-order valence-electron chi connectivity index (χ4n) is 2.22. The predicted molar refractivity (Wildman–Crippen MR) is 74.1 cm³/mol. The lowest BCUT2D eigenvalue weighted by Crippen LogP contribution is -2.33. The molecule has 17 heavy (non-hydrogen) atoms. The Kier molecular flexibility index (Phi) is 4.60. The standard InChI is InChI=1S/C14H20BrNO/c1-10-3-4-14(15)7-13(10)8-16-11(2)12-5-6-17-9-12/h3-4,7,11-12,16H,5-6,8-9H2,1-2H3/t11-,12-/m0/s1. The second kappa shape index (κ2) is 5.98. The molecule has 1 aromatic rings. The molecule has 1 aliphatic rings. The number of benzene rings is 1. The molecule has 0 bridgehead atoms. The van der Waals surface area contributed by atoms with Crippen LogP contribution in [0.25, 0.3) is 0 Å². The third kappa shape index (κ3) is 3.54. The summed E-state index contributed by atoms with van der Waals surface area (Å²) in [4.78, 5) is 0. The van der Waals surface area contributed by atoms with Gasteiger partial charge in [-0.3, -0.25) is 0 Å². The third-order valence-electron chi connectivity index (χ3n) is 3.60. The van der Waals surface area contributed by atoms with Crippen LogP contribution in [-0.4, -0.2) is 19.3 Å². The van der Waals surface area contributed by atoms with E-state index in [9.17, 15) is 0 Å². The predicted octanol–water partition coefficient (Wildman–Crippen LogP) is 3.27. The monoisotopic (exact) mass is 297 g/mol. The van der Waals surface area contributed by atoms with E-state index < -0.39 is 0 Å². The van der Waals surface area contributed by atoms with Crippen molar-refractivity contribution in [2.45, 2.75) is 32.9 Å². The van der Waals surface area contributed by atoms with Gasteiger partial charge < -0.3 is 10.1 Å². The van der Waals surface area contributed by atoms with Crippen LogP contribution in [0.5, 0.6) is 0 Å². The molecule has 2 rings (SSSR count). The van der Waals surface area contributed by atoms with Crippen molar-refractivity contribution in [1.29, 1.82) is 0 Å². The first kappa shape index (κ1) is 13.1. The van der Waals surface area contributed by atoms with Gasteiger partial charge >= 0.3 is 0 Å². The van der Waals surface area contributed by atoms with Crippen LogP contribution in [0.3, 0.4) is 0 Å². The van der Waals surface area contributed by atoms with Gasteiger partial charge in [-0.25, -0.2) is 0 Å². The first-order chi connectivity index (χ1) is 8.16. The second-order valence-electron chi connectivity index (χ2n) is 4.86. The minimum Gasteiger partial charge on any atom is -0.381 e. The number of aryl methyl sites for hydroxylation is 1. The van der Waals surface area contributed by atoms with Gasteiger partial charge in [-0.2, -0.15) is 0 Å². The van der Waals surface area contributed by atoms with Crippen LogP contribution in [0.2, 0.25) is 0 Å². The smallest absolute Gasteiger partial charge is 0.0509 e. The number of nitrogens with one attached hydrogen (secondary N) is 1. The summed E-state index contributed by atoms with van der Waals surface area (Å²) in [6.07, 6.45) is 1.19. The van der Waals surface area contributed by atoms with Crippen LogP contribution in [0.4, 0.5) is 0 Å². The Labute approximate surface area is 112 Å². The molecular weight excluding hydrogens is 278 g/mol. The Morgan fingerprint density at radius 2 is 2.35 bits per heavy atom. The average Bonchev–Trinajstić information content (AvgIpc) is 2.83. The van der Waals surface area contributed by atoms with Crippen LogP contribution >= 0.6 is 15.9 Å². The van der Waals surface area contributed by atoms with E-state index in [2.05, 4.69) is 53.3 Å².